The molecule has 0 aliphatic rings. The Hall–Kier alpha value is -1.81. The van der Waals surface area contributed by atoms with Crippen molar-refractivity contribution in [2.75, 3.05) is 5.43 Å². The first-order chi connectivity index (χ1) is 9.66. The number of hydrogen-bond donors (Lipinski definition) is 2. The van der Waals surface area contributed by atoms with E-state index in [0.29, 0.717) is 5.56 Å². The van der Waals surface area contributed by atoms with Crippen LogP contribution in [0.4, 0.5) is 5.69 Å². The quantitative estimate of drug-likeness (QED) is 0.809. The highest BCUT2D eigenvalue weighted by molar-refractivity contribution is 9.10. The highest BCUT2D eigenvalue weighted by Gasteiger charge is 2.06. The number of carbonyl (C=O) groups excluding carboxylic acids is 1. The van der Waals surface area contributed by atoms with Crippen molar-refractivity contribution in [3.05, 3.63) is 64.1 Å². The molecule has 0 bridgehead atoms. The van der Waals surface area contributed by atoms with Gasteiger partial charge in [0, 0.05) is 10.0 Å². The number of para-hydroxylation sites is 1. The molecule has 0 saturated carbocycles. The van der Waals surface area contributed by atoms with E-state index in [1.54, 1.807) is 6.07 Å². The number of hydrogen-bond acceptors (Lipinski definition) is 2. The van der Waals surface area contributed by atoms with Gasteiger partial charge in [0.1, 0.15) is 0 Å². The zero-order valence-corrected chi connectivity index (χ0v) is 13.5. The molecule has 0 aromatic heterocycles. The maximum atomic E-state index is 11.9. The number of rotatable bonds is 3. The van der Waals surface area contributed by atoms with Gasteiger partial charge in [-0.2, -0.15) is 0 Å². The molecule has 0 atom stereocenters. The molecule has 106 valence electrons. The summed E-state index contributed by atoms with van der Waals surface area (Å²) in [7, 11) is 0. The van der Waals surface area contributed by atoms with E-state index in [4.69, 9.17) is 0 Å². The second-order valence-electron chi connectivity index (χ2n) is 3.91. The van der Waals surface area contributed by atoms with Gasteiger partial charge < -0.3 is 0 Å². The Balaban J connectivity index is 0.000000956. The summed E-state index contributed by atoms with van der Waals surface area (Å²) in [6.45, 7) is 5.95. The van der Waals surface area contributed by atoms with Gasteiger partial charge in [-0.25, -0.2) is 0 Å². The van der Waals surface area contributed by atoms with Gasteiger partial charge in [0.15, 0.2) is 0 Å². The van der Waals surface area contributed by atoms with E-state index in [9.17, 15) is 4.79 Å². The Labute approximate surface area is 128 Å². The molecule has 4 heteroatoms. The summed E-state index contributed by atoms with van der Waals surface area (Å²) in [6, 6.07) is 15.0. The summed E-state index contributed by atoms with van der Waals surface area (Å²) in [4.78, 5) is 11.9. The lowest BCUT2D eigenvalue weighted by Crippen LogP contribution is -2.29. The summed E-state index contributed by atoms with van der Waals surface area (Å²) >= 11 is 3.41. The van der Waals surface area contributed by atoms with E-state index < -0.39 is 0 Å². The molecule has 20 heavy (non-hydrogen) atoms. The Morgan fingerprint density at radius 1 is 1.05 bits per heavy atom. The molecule has 2 aromatic carbocycles. The van der Waals surface area contributed by atoms with Gasteiger partial charge in [-0.1, -0.05) is 48.0 Å². The van der Waals surface area contributed by atoms with Crippen molar-refractivity contribution < 1.29 is 4.79 Å². The number of amides is 1. The van der Waals surface area contributed by atoms with Gasteiger partial charge in [0.05, 0.1) is 5.69 Å². The minimum absolute atomic E-state index is 0.158. The molecule has 0 saturated heterocycles. The predicted molar refractivity (Wildman–Crippen MR) is 87.8 cm³/mol. The van der Waals surface area contributed by atoms with E-state index in [1.165, 1.54) is 0 Å². The maximum absolute atomic E-state index is 11.9. The second kappa shape index (κ2) is 8.38. The SMILES string of the molecule is CC.Cc1cc(C(=O)NNc2ccccc2)ccc1Br. The van der Waals surface area contributed by atoms with Crippen LogP contribution in [0.5, 0.6) is 0 Å². The van der Waals surface area contributed by atoms with Crippen LogP contribution in [-0.2, 0) is 0 Å². The lowest BCUT2D eigenvalue weighted by Gasteiger charge is -2.09. The van der Waals surface area contributed by atoms with E-state index in [0.717, 1.165) is 15.7 Å². The fourth-order valence-corrected chi connectivity index (χ4v) is 1.76. The first kappa shape index (κ1) is 16.2. The zero-order valence-electron chi connectivity index (χ0n) is 11.9. The van der Waals surface area contributed by atoms with Crippen LogP contribution >= 0.6 is 15.9 Å². The van der Waals surface area contributed by atoms with Crippen molar-refractivity contribution in [3.8, 4) is 0 Å². The average Bonchev–Trinajstić information content (AvgIpc) is 2.50. The highest BCUT2D eigenvalue weighted by Crippen LogP contribution is 2.17. The van der Waals surface area contributed by atoms with Crippen LogP contribution in [0.15, 0.2) is 53.0 Å². The number of benzene rings is 2. The fourth-order valence-electron chi connectivity index (χ4n) is 1.51. The Morgan fingerprint density at radius 3 is 2.30 bits per heavy atom. The van der Waals surface area contributed by atoms with Crippen molar-refractivity contribution in [3.63, 3.8) is 0 Å². The van der Waals surface area contributed by atoms with Crippen molar-refractivity contribution >= 4 is 27.5 Å². The van der Waals surface area contributed by atoms with Crippen LogP contribution in [0, 0.1) is 6.92 Å². The second-order valence-corrected chi connectivity index (χ2v) is 4.76. The summed E-state index contributed by atoms with van der Waals surface area (Å²) in [5, 5.41) is 0. The van der Waals surface area contributed by atoms with Crippen LogP contribution < -0.4 is 10.9 Å². The smallest absolute Gasteiger partial charge is 0.269 e. The topological polar surface area (TPSA) is 41.1 Å². The molecular formula is C16H19BrN2O. The highest BCUT2D eigenvalue weighted by atomic mass is 79.9. The minimum atomic E-state index is -0.158. The van der Waals surface area contributed by atoms with E-state index in [1.807, 2.05) is 63.2 Å². The number of anilines is 1. The van der Waals surface area contributed by atoms with Crippen LogP contribution in [0.3, 0.4) is 0 Å². The molecule has 0 heterocycles. The number of aryl methyl sites for hydroxylation is 1. The fraction of sp³-hybridized carbons (Fsp3) is 0.188. The first-order valence-electron chi connectivity index (χ1n) is 6.54. The summed E-state index contributed by atoms with van der Waals surface area (Å²) < 4.78 is 0.995. The number of nitrogens with one attached hydrogen (secondary N) is 2. The third-order valence-corrected chi connectivity index (χ3v) is 3.40. The van der Waals surface area contributed by atoms with Gasteiger partial charge in [0.2, 0.25) is 0 Å². The summed E-state index contributed by atoms with van der Waals surface area (Å²) in [6.07, 6.45) is 0. The molecule has 0 spiro atoms. The average molecular weight is 335 g/mol. The van der Waals surface area contributed by atoms with Crippen molar-refractivity contribution in [2.45, 2.75) is 20.8 Å². The van der Waals surface area contributed by atoms with Gasteiger partial charge in [-0.05, 0) is 42.8 Å². The molecule has 0 unspecified atom stereocenters. The number of hydrazine groups is 1. The molecule has 2 rings (SSSR count). The molecular weight excluding hydrogens is 316 g/mol. The van der Waals surface area contributed by atoms with E-state index in [2.05, 4.69) is 26.8 Å². The zero-order chi connectivity index (χ0) is 15.0. The minimum Gasteiger partial charge on any atom is -0.298 e. The summed E-state index contributed by atoms with van der Waals surface area (Å²) in [5.74, 6) is -0.158. The normalized spacial score (nSPS) is 9.20. The number of carbonyl (C=O) groups is 1. The molecule has 3 nitrogen and oxygen atoms in total. The monoisotopic (exact) mass is 334 g/mol. The van der Waals surface area contributed by atoms with Gasteiger partial charge in [-0.15, -0.1) is 0 Å². The van der Waals surface area contributed by atoms with Crippen LogP contribution in [0.1, 0.15) is 29.8 Å². The van der Waals surface area contributed by atoms with Crippen LogP contribution in [-0.4, -0.2) is 5.91 Å². The molecule has 0 aliphatic heterocycles. The third kappa shape index (κ3) is 4.70. The maximum Gasteiger partial charge on any atom is 0.269 e. The third-order valence-electron chi connectivity index (χ3n) is 2.51. The Kier molecular flexibility index (Phi) is 6.81. The lowest BCUT2D eigenvalue weighted by molar-refractivity contribution is 0.0962. The van der Waals surface area contributed by atoms with Crippen LogP contribution in [0.2, 0.25) is 0 Å². The first-order valence-corrected chi connectivity index (χ1v) is 7.33. The largest absolute Gasteiger partial charge is 0.298 e. The van der Waals surface area contributed by atoms with Crippen molar-refractivity contribution in [2.24, 2.45) is 0 Å². The van der Waals surface area contributed by atoms with Gasteiger partial charge >= 0.3 is 0 Å². The van der Waals surface area contributed by atoms with Crippen LogP contribution in [0.25, 0.3) is 0 Å². The molecule has 2 aromatic rings. The summed E-state index contributed by atoms with van der Waals surface area (Å²) in [5.41, 5.74) is 8.02. The van der Waals surface area contributed by atoms with E-state index >= 15 is 0 Å². The van der Waals surface area contributed by atoms with Gasteiger partial charge in [-0.3, -0.25) is 15.6 Å². The Morgan fingerprint density at radius 2 is 1.70 bits per heavy atom. The molecule has 0 fully saturated rings. The van der Waals surface area contributed by atoms with E-state index in [-0.39, 0.29) is 5.91 Å². The standard InChI is InChI=1S/C14H13BrN2O.C2H6/c1-10-9-11(7-8-13(10)15)14(18)17-16-12-5-3-2-4-6-12;1-2/h2-9,16H,1H3,(H,17,18);1-2H3. The molecule has 0 radical (unpaired) electrons. The molecule has 1 amide bonds. The number of halogens is 1. The Bertz CT molecular complexity index is 556. The predicted octanol–water partition coefficient (Wildman–Crippen LogP) is 4.54. The lowest BCUT2D eigenvalue weighted by atomic mass is 10.1. The molecule has 0 aliphatic carbocycles. The van der Waals surface area contributed by atoms with Crippen molar-refractivity contribution in [1.82, 2.24) is 5.43 Å². The van der Waals surface area contributed by atoms with Crippen molar-refractivity contribution in [1.29, 1.82) is 0 Å². The molecule has 2 N–H and O–H groups in total. The van der Waals surface area contributed by atoms with Gasteiger partial charge in [0.25, 0.3) is 5.91 Å².